The van der Waals surface area contributed by atoms with Gasteiger partial charge in [-0.2, -0.15) is 0 Å². The molecule has 0 radical (unpaired) electrons. The van der Waals surface area contributed by atoms with E-state index >= 15 is 0 Å². The topological polar surface area (TPSA) is 30.0 Å². The van der Waals surface area contributed by atoms with Gasteiger partial charge < -0.3 is 14.9 Å². The Morgan fingerprint density at radius 1 is 1.00 bits per heavy atom. The largest absolute Gasteiger partial charge is 0.396 e. The fourth-order valence-electron chi connectivity index (χ4n) is 2.17. The molecule has 0 bridgehead atoms. The van der Waals surface area contributed by atoms with Crippen LogP contribution in [0.1, 0.15) is 19.3 Å². The van der Waals surface area contributed by atoms with E-state index in [1.54, 1.807) is 0 Å². The summed E-state index contributed by atoms with van der Waals surface area (Å²) in [5.41, 5.74) is 0. The number of hydrogen-bond donors (Lipinski definition) is 1. The lowest BCUT2D eigenvalue weighted by Gasteiger charge is -2.33. The second-order valence-electron chi connectivity index (χ2n) is 5.23. The molecule has 4 heteroatoms. The summed E-state index contributed by atoms with van der Waals surface area (Å²) in [7, 11) is 4.40. The maximum atomic E-state index is 8.70. The average Bonchev–Trinajstić information content (AvgIpc) is 2.34. The monoisotopic (exact) mass is 243 g/mol. The third-order valence-electron chi connectivity index (χ3n) is 3.59. The van der Waals surface area contributed by atoms with Crippen LogP contribution in [0.2, 0.25) is 0 Å². The minimum atomic E-state index is 0.338. The number of piperazine rings is 1. The zero-order chi connectivity index (χ0) is 12.5. The van der Waals surface area contributed by atoms with Crippen LogP contribution in [-0.4, -0.2) is 86.3 Å². The molecular weight excluding hydrogens is 214 g/mol. The number of rotatable bonds is 8. The summed E-state index contributed by atoms with van der Waals surface area (Å²) in [4.78, 5) is 7.37. The highest BCUT2D eigenvalue weighted by molar-refractivity contribution is 4.70. The van der Waals surface area contributed by atoms with Crippen molar-refractivity contribution < 1.29 is 5.11 Å². The molecule has 1 saturated heterocycles. The molecule has 0 amide bonds. The molecule has 1 heterocycles. The highest BCUT2D eigenvalue weighted by Crippen LogP contribution is 2.00. The van der Waals surface area contributed by atoms with Gasteiger partial charge in [-0.1, -0.05) is 0 Å². The molecule has 1 aliphatic heterocycles. The standard InChI is InChI=1S/C13H29N3O/c1-14(6-4-3-5-13-17)7-10-16-11-8-15(2)9-12-16/h17H,3-13H2,1-2H3. The molecule has 4 nitrogen and oxygen atoms in total. The number of hydrogen-bond acceptors (Lipinski definition) is 4. The van der Waals surface area contributed by atoms with Crippen LogP contribution in [0.5, 0.6) is 0 Å². The van der Waals surface area contributed by atoms with E-state index in [1.165, 1.54) is 45.7 Å². The fourth-order valence-corrected chi connectivity index (χ4v) is 2.17. The number of aliphatic hydroxyl groups excluding tert-OH is 1. The first kappa shape index (κ1) is 14.9. The van der Waals surface area contributed by atoms with E-state index in [1.807, 2.05) is 0 Å². The number of likely N-dealkylation sites (N-methyl/N-ethyl adjacent to an activating group) is 2. The lowest BCUT2D eigenvalue weighted by atomic mass is 10.2. The van der Waals surface area contributed by atoms with Gasteiger partial charge in [0.2, 0.25) is 0 Å². The van der Waals surface area contributed by atoms with Crippen LogP contribution in [0.4, 0.5) is 0 Å². The van der Waals surface area contributed by atoms with E-state index in [0.29, 0.717) is 6.61 Å². The van der Waals surface area contributed by atoms with E-state index in [9.17, 15) is 0 Å². The van der Waals surface area contributed by atoms with Crippen molar-refractivity contribution in [1.82, 2.24) is 14.7 Å². The Balaban J connectivity index is 1.97. The third kappa shape index (κ3) is 6.99. The molecule has 0 saturated carbocycles. The van der Waals surface area contributed by atoms with E-state index < -0.39 is 0 Å². The van der Waals surface area contributed by atoms with Gasteiger partial charge in [-0.25, -0.2) is 0 Å². The molecule has 17 heavy (non-hydrogen) atoms. The van der Waals surface area contributed by atoms with Crippen molar-refractivity contribution in [1.29, 1.82) is 0 Å². The van der Waals surface area contributed by atoms with Crippen molar-refractivity contribution >= 4 is 0 Å². The lowest BCUT2D eigenvalue weighted by Crippen LogP contribution is -2.46. The van der Waals surface area contributed by atoms with Crippen LogP contribution < -0.4 is 0 Å². The second-order valence-corrected chi connectivity index (χ2v) is 5.23. The Bertz CT molecular complexity index is 182. The Labute approximate surface area is 106 Å². The predicted molar refractivity (Wildman–Crippen MR) is 72.4 cm³/mol. The van der Waals surface area contributed by atoms with Gasteiger partial charge in [0.25, 0.3) is 0 Å². The molecular formula is C13H29N3O. The molecule has 0 aromatic rings. The lowest BCUT2D eigenvalue weighted by molar-refractivity contribution is 0.140. The van der Waals surface area contributed by atoms with E-state index in [0.717, 1.165) is 19.4 Å². The van der Waals surface area contributed by atoms with Gasteiger partial charge >= 0.3 is 0 Å². The van der Waals surface area contributed by atoms with Gasteiger partial charge in [0, 0.05) is 45.9 Å². The third-order valence-corrected chi connectivity index (χ3v) is 3.59. The normalized spacial score (nSPS) is 19.1. The van der Waals surface area contributed by atoms with Crippen LogP contribution in [0.15, 0.2) is 0 Å². The average molecular weight is 243 g/mol. The van der Waals surface area contributed by atoms with Crippen molar-refractivity contribution in [3.63, 3.8) is 0 Å². The Morgan fingerprint density at radius 2 is 1.71 bits per heavy atom. The molecule has 0 aromatic heterocycles. The van der Waals surface area contributed by atoms with E-state index in [2.05, 4.69) is 28.8 Å². The zero-order valence-electron chi connectivity index (χ0n) is 11.6. The van der Waals surface area contributed by atoms with Gasteiger partial charge in [0.1, 0.15) is 0 Å². The van der Waals surface area contributed by atoms with E-state index in [-0.39, 0.29) is 0 Å². The van der Waals surface area contributed by atoms with Gasteiger partial charge in [-0.3, -0.25) is 4.90 Å². The maximum absolute atomic E-state index is 8.70. The molecule has 0 aliphatic carbocycles. The highest BCUT2D eigenvalue weighted by atomic mass is 16.2. The minimum absolute atomic E-state index is 0.338. The summed E-state index contributed by atoms with van der Waals surface area (Å²) in [6, 6.07) is 0. The van der Waals surface area contributed by atoms with Crippen LogP contribution >= 0.6 is 0 Å². The first-order valence-electron chi connectivity index (χ1n) is 6.92. The Kier molecular flexibility index (Phi) is 7.77. The quantitative estimate of drug-likeness (QED) is 0.622. The first-order valence-corrected chi connectivity index (χ1v) is 6.92. The van der Waals surface area contributed by atoms with Crippen molar-refractivity contribution in [2.75, 3.05) is 66.5 Å². The summed E-state index contributed by atoms with van der Waals surface area (Å²) in [6.45, 7) is 8.72. The number of aliphatic hydroxyl groups is 1. The van der Waals surface area contributed by atoms with E-state index in [4.69, 9.17) is 5.11 Å². The summed E-state index contributed by atoms with van der Waals surface area (Å²) in [5.74, 6) is 0. The molecule has 0 spiro atoms. The minimum Gasteiger partial charge on any atom is -0.396 e. The van der Waals surface area contributed by atoms with Crippen LogP contribution in [0.25, 0.3) is 0 Å². The summed E-state index contributed by atoms with van der Waals surface area (Å²) in [5, 5.41) is 8.70. The Morgan fingerprint density at radius 3 is 2.35 bits per heavy atom. The molecule has 0 unspecified atom stereocenters. The van der Waals surface area contributed by atoms with Crippen molar-refractivity contribution in [2.24, 2.45) is 0 Å². The molecule has 102 valence electrons. The van der Waals surface area contributed by atoms with Crippen molar-refractivity contribution in [2.45, 2.75) is 19.3 Å². The summed E-state index contributed by atoms with van der Waals surface area (Å²) < 4.78 is 0. The highest BCUT2D eigenvalue weighted by Gasteiger charge is 2.13. The Hall–Kier alpha value is -0.160. The van der Waals surface area contributed by atoms with Gasteiger partial charge in [-0.15, -0.1) is 0 Å². The molecule has 0 atom stereocenters. The van der Waals surface area contributed by atoms with Crippen molar-refractivity contribution in [3.8, 4) is 0 Å². The van der Waals surface area contributed by atoms with Crippen LogP contribution in [0, 0.1) is 0 Å². The van der Waals surface area contributed by atoms with Gasteiger partial charge in [0.15, 0.2) is 0 Å². The van der Waals surface area contributed by atoms with Crippen LogP contribution in [0.3, 0.4) is 0 Å². The summed E-state index contributed by atoms with van der Waals surface area (Å²) in [6.07, 6.45) is 3.31. The van der Waals surface area contributed by atoms with Crippen LogP contribution in [-0.2, 0) is 0 Å². The molecule has 1 N–H and O–H groups in total. The van der Waals surface area contributed by atoms with Gasteiger partial charge in [0.05, 0.1) is 0 Å². The second kappa shape index (κ2) is 8.86. The van der Waals surface area contributed by atoms with Gasteiger partial charge in [-0.05, 0) is 39.9 Å². The number of nitrogens with zero attached hydrogens (tertiary/aromatic N) is 3. The number of unbranched alkanes of at least 4 members (excludes halogenated alkanes) is 2. The SMILES string of the molecule is CN(CCCCCO)CCN1CCN(C)CC1. The maximum Gasteiger partial charge on any atom is 0.0431 e. The molecule has 1 fully saturated rings. The summed E-state index contributed by atoms with van der Waals surface area (Å²) >= 11 is 0. The molecule has 1 aliphatic rings. The van der Waals surface area contributed by atoms with Crippen molar-refractivity contribution in [3.05, 3.63) is 0 Å². The molecule has 0 aromatic carbocycles. The molecule has 1 rings (SSSR count). The first-order chi connectivity index (χ1) is 8.22. The fraction of sp³-hybridized carbons (Fsp3) is 1.00. The smallest absolute Gasteiger partial charge is 0.0431 e. The zero-order valence-corrected chi connectivity index (χ0v) is 11.6. The predicted octanol–water partition coefficient (Wildman–Crippen LogP) is 0.328.